The molecule has 0 aromatic heterocycles. The van der Waals surface area contributed by atoms with E-state index in [2.05, 4.69) is 0 Å². The molecule has 74 valence electrons. The van der Waals surface area contributed by atoms with Gasteiger partial charge in [-0.15, -0.1) is 11.6 Å². The molecule has 13 heavy (non-hydrogen) atoms. The second kappa shape index (κ2) is 3.29. The van der Waals surface area contributed by atoms with Crippen molar-refractivity contribution in [1.82, 2.24) is 0 Å². The largest absolute Gasteiger partial charge is 0.479 e. The van der Waals surface area contributed by atoms with Gasteiger partial charge in [-0.05, 0) is 0 Å². The zero-order chi connectivity index (χ0) is 10.4. The van der Waals surface area contributed by atoms with Gasteiger partial charge in [0, 0.05) is 0 Å². The van der Waals surface area contributed by atoms with Gasteiger partial charge in [-0.1, -0.05) is 23.2 Å². The third-order valence-corrected chi connectivity index (χ3v) is 3.36. The average molecular weight is 247 g/mol. The number of aliphatic carboxylic acids is 1. The summed E-state index contributed by atoms with van der Waals surface area (Å²) in [5.41, 5.74) is -2.50. The van der Waals surface area contributed by atoms with Gasteiger partial charge >= 0.3 is 5.97 Å². The van der Waals surface area contributed by atoms with Crippen LogP contribution in [0.3, 0.4) is 0 Å². The van der Waals surface area contributed by atoms with Gasteiger partial charge in [-0.2, -0.15) is 0 Å². The van der Waals surface area contributed by atoms with E-state index in [4.69, 9.17) is 39.9 Å². The molecule has 3 N–H and O–H groups in total. The minimum Gasteiger partial charge on any atom is -0.479 e. The summed E-state index contributed by atoms with van der Waals surface area (Å²) in [6, 6.07) is 0. The van der Waals surface area contributed by atoms with E-state index in [1.54, 1.807) is 0 Å². The van der Waals surface area contributed by atoms with Crippen LogP contribution in [0, 0.1) is 0 Å². The van der Waals surface area contributed by atoms with Gasteiger partial charge in [-0.3, -0.25) is 0 Å². The first-order chi connectivity index (χ1) is 5.83. The van der Waals surface area contributed by atoms with Gasteiger partial charge in [0.2, 0.25) is 5.60 Å². The number of halogens is 3. The highest BCUT2D eigenvalue weighted by molar-refractivity contribution is 6.44. The Hall–Kier alpha value is -0.0000000000000000555. The quantitative estimate of drug-likeness (QED) is 0.589. The topological polar surface area (TPSA) is 77.8 Å². The van der Waals surface area contributed by atoms with E-state index in [9.17, 15) is 15.0 Å². The first-order valence-corrected chi connectivity index (χ1v) is 4.36. The van der Waals surface area contributed by atoms with Gasteiger partial charge in [0.25, 0.3) is 0 Å². The molecule has 1 aliphatic rings. The second-order valence-corrected chi connectivity index (χ2v) is 3.84. The van der Waals surface area contributed by atoms with Crippen molar-refractivity contribution in [3.8, 4) is 0 Å². The highest BCUT2D eigenvalue weighted by atomic mass is 35.5. The lowest BCUT2D eigenvalue weighted by Gasteiger charge is -2.22. The van der Waals surface area contributed by atoms with Gasteiger partial charge in [0.15, 0.2) is 0 Å². The second-order valence-electron chi connectivity index (χ2n) is 2.58. The fourth-order valence-electron chi connectivity index (χ4n) is 1.00. The molecule has 7 heteroatoms. The van der Waals surface area contributed by atoms with Gasteiger partial charge in [0.1, 0.15) is 11.5 Å². The Morgan fingerprint density at radius 3 is 2.08 bits per heavy atom. The minimum absolute atomic E-state index is 0.341. The van der Waals surface area contributed by atoms with Crippen molar-refractivity contribution in [3.05, 3.63) is 10.1 Å². The third-order valence-electron chi connectivity index (χ3n) is 1.81. The summed E-state index contributed by atoms with van der Waals surface area (Å²) in [5.74, 6) is -1.65. The Bertz CT molecular complexity index is 290. The van der Waals surface area contributed by atoms with E-state index in [0.29, 0.717) is 0 Å². The highest BCUT2D eigenvalue weighted by Gasteiger charge is 2.57. The van der Waals surface area contributed by atoms with Crippen molar-refractivity contribution in [2.24, 2.45) is 0 Å². The predicted octanol–water partition coefficient (Wildman–Crippen LogP) is 0.473. The van der Waals surface area contributed by atoms with Crippen molar-refractivity contribution in [2.45, 2.75) is 17.1 Å². The fourth-order valence-corrected chi connectivity index (χ4v) is 2.03. The van der Waals surface area contributed by atoms with Crippen molar-refractivity contribution >= 4 is 40.8 Å². The van der Waals surface area contributed by atoms with Crippen molar-refractivity contribution in [1.29, 1.82) is 0 Å². The summed E-state index contributed by atoms with van der Waals surface area (Å²) in [5, 5.41) is 24.9. The van der Waals surface area contributed by atoms with Crippen LogP contribution in [0.15, 0.2) is 10.1 Å². The van der Waals surface area contributed by atoms with Crippen LogP contribution < -0.4 is 0 Å². The number of hydrogen-bond acceptors (Lipinski definition) is 3. The molecule has 0 saturated heterocycles. The van der Waals surface area contributed by atoms with Crippen LogP contribution in [0.25, 0.3) is 0 Å². The number of rotatable bonds is 1. The molecular weight excluding hydrogens is 242 g/mol. The van der Waals surface area contributed by atoms with Gasteiger partial charge < -0.3 is 15.3 Å². The molecular formula is C6H5Cl3O4. The molecule has 3 atom stereocenters. The molecule has 1 rings (SSSR count). The summed E-state index contributed by atoms with van der Waals surface area (Å²) in [6.45, 7) is 0. The lowest BCUT2D eigenvalue weighted by Crippen LogP contribution is -2.47. The molecule has 0 heterocycles. The molecule has 0 radical (unpaired) electrons. The first-order valence-electron chi connectivity index (χ1n) is 3.17. The number of alkyl halides is 1. The highest BCUT2D eigenvalue weighted by Crippen LogP contribution is 2.43. The van der Waals surface area contributed by atoms with Crippen LogP contribution in [0.4, 0.5) is 0 Å². The average Bonchev–Trinajstić information content (AvgIpc) is 2.22. The summed E-state index contributed by atoms with van der Waals surface area (Å²) >= 11 is 16.3. The molecule has 0 saturated carbocycles. The Labute approximate surface area is 88.3 Å². The monoisotopic (exact) mass is 246 g/mol. The van der Waals surface area contributed by atoms with Crippen LogP contribution in [-0.4, -0.2) is 38.4 Å². The summed E-state index contributed by atoms with van der Waals surface area (Å²) < 4.78 is 0. The van der Waals surface area contributed by atoms with E-state index >= 15 is 0 Å². The van der Waals surface area contributed by atoms with E-state index in [1.165, 1.54) is 0 Å². The number of carboxylic acid groups (broad SMARTS) is 1. The summed E-state index contributed by atoms with van der Waals surface area (Å²) in [7, 11) is 0. The predicted molar refractivity (Wildman–Crippen MR) is 47.0 cm³/mol. The van der Waals surface area contributed by atoms with Crippen molar-refractivity contribution < 1.29 is 20.1 Å². The zero-order valence-corrected chi connectivity index (χ0v) is 8.31. The molecule has 0 aromatic carbocycles. The maximum Gasteiger partial charge on any atom is 0.343 e. The zero-order valence-electron chi connectivity index (χ0n) is 6.04. The number of aliphatic hydroxyl groups excluding tert-OH is 1. The maximum absolute atomic E-state index is 10.6. The lowest BCUT2D eigenvalue weighted by molar-refractivity contribution is -0.154. The SMILES string of the molecule is O=C(O)C1(O)C(Cl)=C(Cl)C(O)C1Cl. The summed E-state index contributed by atoms with van der Waals surface area (Å²) in [4.78, 5) is 10.6. The number of aliphatic hydroxyl groups is 2. The molecule has 1 aliphatic carbocycles. The minimum atomic E-state index is -2.50. The smallest absolute Gasteiger partial charge is 0.343 e. The van der Waals surface area contributed by atoms with Crippen LogP contribution in [-0.2, 0) is 4.79 Å². The van der Waals surface area contributed by atoms with Crippen molar-refractivity contribution in [2.75, 3.05) is 0 Å². The van der Waals surface area contributed by atoms with Gasteiger partial charge in [-0.25, -0.2) is 4.79 Å². The molecule has 0 amide bonds. The molecule has 3 unspecified atom stereocenters. The van der Waals surface area contributed by atoms with Crippen LogP contribution in [0.1, 0.15) is 0 Å². The standard InChI is InChI=1S/C6H5Cl3O4/c7-1-2(10)4(9)6(13,3(1)8)5(11)12/h2,4,10,13H,(H,11,12). The molecule has 0 bridgehead atoms. The Balaban J connectivity index is 3.22. The molecule has 0 fully saturated rings. The van der Waals surface area contributed by atoms with E-state index in [1.807, 2.05) is 0 Å². The number of carboxylic acids is 1. The third kappa shape index (κ3) is 1.33. The molecule has 0 aliphatic heterocycles. The molecule has 4 nitrogen and oxygen atoms in total. The fraction of sp³-hybridized carbons (Fsp3) is 0.500. The normalized spacial score (nSPS) is 39.8. The van der Waals surface area contributed by atoms with Crippen LogP contribution in [0.2, 0.25) is 0 Å². The Morgan fingerprint density at radius 1 is 1.46 bits per heavy atom. The Morgan fingerprint density at radius 2 is 1.92 bits per heavy atom. The first kappa shape index (κ1) is 11.1. The van der Waals surface area contributed by atoms with E-state index < -0.39 is 28.1 Å². The van der Waals surface area contributed by atoms with Crippen LogP contribution >= 0.6 is 34.8 Å². The Kier molecular flexibility index (Phi) is 2.81. The summed E-state index contributed by atoms with van der Waals surface area (Å²) in [6.07, 6.45) is -1.46. The van der Waals surface area contributed by atoms with Crippen LogP contribution in [0.5, 0.6) is 0 Å². The van der Waals surface area contributed by atoms with E-state index in [-0.39, 0.29) is 5.03 Å². The maximum atomic E-state index is 10.6. The van der Waals surface area contributed by atoms with Gasteiger partial charge in [0.05, 0.1) is 10.1 Å². The number of hydrogen-bond donors (Lipinski definition) is 3. The molecule has 0 spiro atoms. The van der Waals surface area contributed by atoms with E-state index in [0.717, 1.165) is 0 Å². The lowest BCUT2D eigenvalue weighted by atomic mass is 10.0. The molecule has 0 aromatic rings. The number of carbonyl (C=O) groups is 1. The van der Waals surface area contributed by atoms with Crippen molar-refractivity contribution in [3.63, 3.8) is 0 Å².